The van der Waals surface area contributed by atoms with E-state index in [-0.39, 0.29) is 11.1 Å². The number of halogens is 3. The van der Waals surface area contributed by atoms with Crippen molar-refractivity contribution >= 4 is 29.3 Å². The Hall–Kier alpha value is -1.39. The molecule has 140 valence electrons. The zero-order chi connectivity index (χ0) is 19.5. The molecule has 2 aromatic rings. The second kappa shape index (κ2) is 8.53. The molecule has 2 unspecified atom stereocenters. The summed E-state index contributed by atoms with van der Waals surface area (Å²) in [6.07, 6.45) is 2.36. The van der Waals surface area contributed by atoms with E-state index in [2.05, 4.69) is 0 Å². The molecule has 0 saturated carbocycles. The van der Waals surface area contributed by atoms with Crippen LogP contribution in [0.3, 0.4) is 0 Å². The van der Waals surface area contributed by atoms with Crippen LogP contribution in [0.25, 0.3) is 6.08 Å². The largest absolute Gasteiger partial charge is 0.381 e. The fourth-order valence-electron chi connectivity index (χ4n) is 2.80. The molecule has 26 heavy (non-hydrogen) atoms. The molecule has 0 fully saturated rings. The Morgan fingerprint density at radius 1 is 1.19 bits per heavy atom. The lowest BCUT2D eigenvalue weighted by atomic mass is 9.80. The van der Waals surface area contributed by atoms with Gasteiger partial charge in [-0.2, -0.15) is 0 Å². The third-order valence-electron chi connectivity index (χ3n) is 4.78. The Morgan fingerprint density at radius 2 is 1.81 bits per heavy atom. The van der Waals surface area contributed by atoms with E-state index < -0.39 is 11.4 Å². The Labute approximate surface area is 164 Å². The van der Waals surface area contributed by atoms with Crippen molar-refractivity contribution in [1.29, 1.82) is 0 Å². The second-order valence-corrected chi connectivity index (χ2v) is 7.73. The number of benzene rings is 2. The summed E-state index contributed by atoms with van der Waals surface area (Å²) in [6.45, 7) is 3.90. The van der Waals surface area contributed by atoms with Crippen LogP contribution in [-0.4, -0.2) is 30.1 Å². The van der Waals surface area contributed by atoms with Crippen molar-refractivity contribution in [3.8, 4) is 0 Å². The topological polar surface area (TPSA) is 23.5 Å². The predicted octanol–water partition coefficient (Wildman–Crippen LogP) is 5.76. The van der Waals surface area contributed by atoms with E-state index in [1.54, 1.807) is 18.2 Å². The van der Waals surface area contributed by atoms with Crippen molar-refractivity contribution < 1.29 is 9.50 Å². The maximum Gasteiger partial charge on any atom is 0.141 e. The summed E-state index contributed by atoms with van der Waals surface area (Å²) in [7, 11) is 3.92. The van der Waals surface area contributed by atoms with Gasteiger partial charge in [0, 0.05) is 11.1 Å². The van der Waals surface area contributed by atoms with Gasteiger partial charge in [0.2, 0.25) is 0 Å². The van der Waals surface area contributed by atoms with Crippen molar-refractivity contribution in [3.05, 3.63) is 75.0 Å². The fraction of sp³-hybridized carbons (Fsp3) is 0.333. The normalized spacial score (nSPS) is 15.8. The van der Waals surface area contributed by atoms with Crippen LogP contribution < -0.4 is 0 Å². The van der Waals surface area contributed by atoms with Crippen LogP contribution in [0.15, 0.2) is 48.0 Å². The molecule has 1 N–H and O–H groups in total. The van der Waals surface area contributed by atoms with Crippen molar-refractivity contribution in [2.24, 2.45) is 0 Å². The van der Waals surface area contributed by atoms with Crippen LogP contribution >= 0.6 is 23.2 Å². The van der Waals surface area contributed by atoms with Gasteiger partial charge in [0.25, 0.3) is 0 Å². The van der Waals surface area contributed by atoms with Crippen molar-refractivity contribution in [2.75, 3.05) is 14.1 Å². The molecule has 0 radical (unpaired) electrons. The minimum Gasteiger partial charge on any atom is -0.381 e. The van der Waals surface area contributed by atoms with E-state index in [1.807, 2.05) is 51.1 Å². The van der Waals surface area contributed by atoms with Gasteiger partial charge >= 0.3 is 0 Å². The highest BCUT2D eigenvalue weighted by Crippen LogP contribution is 2.37. The average Bonchev–Trinajstić information content (AvgIpc) is 2.58. The minimum absolute atomic E-state index is 0.00211. The summed E-state index contributed by atoms with van der Waals surface area (Å²) >= 11 is 11.9. The molecule has 2 nitrogen and oxygen atoms in total. The predicted molar refractivity (Wildman–Crippen MR) is 108 cm³/mol. The number of rotatable bonds is 6. The molecule has 0 aliphatic rings. The lowest BCUT2D eigenvalue weighted by molar-refractivity contribution is 0.0434. The van der Waals surface area contributed by atoms with Gasteiger partial charge in [-0.1, -0.05) is 47.5 Å². The van der Waals surface area contributed by atoms with E-state index in [0.717, 1.165) is 11.1 Å². The first-order valence-corrected chi connectivity index (χ1v) is 9.18. The summed E-state index contributed by atoms with van der Waals surface area (Å²) < 4.78 is 13.6. The summed E-state index contributed by atoms with van der Waals surface area (Å²) in [6, 6.07) is 11.9. The highest BCUT2D eigenvalue weighted by atomic mass is 35.5. The molecule has 0 amide bonds. The van der Waals surface area contributed by atoms with Gasteiger partial charge < -0.3 is 10.0 Å². The minimum atomic E-state index is -1.28. The van der Waals surface area contributed by atoms with Crippen molar-refractivity contribution in [1.82, 2.24) is 4.90 Å². The summed E-state index contributed by atoms with van der Waals surface area (Å²) in [5.41, 5.74) is 0.966. The van der Waals surface area contributed by atoms with Gasteiger partial charge in [-0.25, -0.2) is 4.39 Å². The van der Waals surface area contributed by atoms with Crippen molar-refractivity contribution in [2.45, 2.75) is 31.9 Å². The van der Waals surface area contributed by atoms with Crippen LogP contribution in [0, 0.1) is 5.82 Å². The van der Waals surface area contributed by atoms with Crippen LogP contribution in [0.4, 0.5) is 4.39 Å². The van der Waals surface area contributed by atoms with E-state index in [9.17, 15) is 9.50 Å². The molecular formula is C21H24Cl2FNO. The smallest absolute Gasteiger partial charge is 0.141 e. The lowest BCUT2D eigenvalue weighted by Crippen LogP contribution is -2.37. The Bertz CT molecular complexity index is 789. The van der Waals surface area contributed by atoms with Crippen LogP contribution in [0.1, 0.15) is 31.4 Å². The summed E-state index contributed by atoms with van der Waals surface area (Å²) in [5.74, 6) is -0.502. The first-order chi connectivity index (χ1) is 12.1. The zero-order valence-electron chi connectivity index (χ0n) is 15.4. The lowest BCUT2D eigenvalue weighted by Gasteiger charge is -2.35. The number of hydrogen-bond donors (Lipinski definition) is 1. The van der Waals surface area contributed by atoms with Gasteiger partial charge in [0.05, 0.1) is 5.02 Å². The molecule has 0 saturated heterocycles. The first-order valence-electron chi connectivity index (χ1n) is 8.42. The summed E-state index contributed by atoms with van der Waals surface area (Å²) in [5, 5.41) is 12.3. The molecule has 0 spiro atoms. The highest BCUT2D eigenvalue weighted by Gasteiger charge is 2.34. The van der Waals surface area contributed by atoms with Gasteiger partial charge in [0.15, 0.2) is 0 Å². The molecule has 0 bridgehead atoms. The number of nitrogens with zero attached hydrogens (tertiary/aromatic N) is 1. The van der Waals surface area contributed by atoms with Gasteiger partial charge in [-0.15, -0.1) is 0 Å². The van der Waals surface area contributed by atoms with E-state index in [1.165, 1.54) is 12.1 Å². The maximum absolute atomic E-state index is 13.6. The molecule has 0 aliphatic heterocycles. The van der Waals surface area contributed by atoms with E-state index in [0.29, 0.717) is 17.0 Å². The zero-order valence-corrected chi connectivity index (χ0v) is 16.9. The van der Waals surface area contributed by atoms with Gasteiger partial charge in [-0.3, -0.25) is 0 Å². The molecule has 0 aliphatic carbocycles. The van der Waals surface area contributed by atoms with Crippen molar-refractivity contribution in [3.63, 3.8) is 0 Å². The molecule has 2 rings (SSSR count). The fourth-order valence-corrected chi connectivity index (χ4v) is 3.10. The first kappa shape index (κ1) is 20.9. The Morgan fingerprint density at radius 3 is 2.35 bits per heavy atom. The summed E-state index contributed by atoms with van der Waals surface area (Å²) in [4.78, 5) is 2.03. The number of hydrogen-bond acceptors (Lipinski definition) is 2. The molecule has 0 aromatic heterocycles. The van der Waals surface area contributed by atoms with Crippen LogP contribution in [0.2, 0.25) is 10.0 Å². The van der Waals surface area contributed by atoms with Gasteiger partial charge in [-0.05, 0) is 75.3 Å². The van der Waals surface area contributed by atoms with Crippen LogP contribution in [-0.2, 0) is 5.60 Å². The SMILES string of the molecule is CC(=Cc1ccc(Cl)cc1)C(O)(CC(C)N(C)C)c1ccc(F)c(Cl)c1. The molecule has 0 heterocycles. The third-order valence-corrected chi connectivity index (χ3v) is 5.32. The maximum atomic E-state index is 13.6. The Kier molecular flexibility index (Phi) is 6.86. The molecule has 2 aromatic carbocycles. The van der Waals surface area contributed by atoms with Gasteiger partial charge in [0.1, 0.15) is 11.4 Å². The second-order valence-electron chi connectivity index (χ2n) is 6.88. The Balaban J connectivity index is 2.51. The molecule has 5 heteroatoms. The van der Waals surface area contributed by atoms with Crippen LogP contribution in [0.5, 0.6) is 0 Å². The monoisotopic (exact) mass is 395 g/mol. The molecular weight excluding hydrogens is 372 g/mol. The quantitative estimate of drug-likeness (QED) is 0.671. The standard InChI is InChI=1S/C21H24Cl2FNO/c1-14(11-16-5-8-18(22)9-6-16)21(26,13-15(2)25(3)4)17-7-10-20(24)19(23)12-17/h5-12,15,26H,13H2,1-4H3. The highest BCUT2D eigenvalue weighted by molar-refractivity contribution is 6.31. The molecule has 2 atom stereocenters. The van der Waals surface area contributed by atoms with E-state index >= 15 is 0 Å². The van der Waals surface area contributed by atoms with E-state index in [4.69, 9.17) is 23.2 Å². The third kappa shape index (κ3) is 4.86. The average molecular weight is 396 g/mol. The number of aliphatic hydroxyl groups is 1.